The number of benzene rings is 1. The van der Waals surface area contributed by atoms with Gasteiger partial charge in [0.25, 0.3) is 0 Å². The third-order valence-corrected chi connectivity index (χ3v) is 4.91. The Morgan fingerprint density at radius 2 is 2.05 bits per heavy atom. The summed E-state index contributed by atoms with van der Waals surface area (Å²) in [6.45, 7) is 2.76. The summed E-state index contributed by atoms with van der Waals surface area (Å²) in [4.78, 5) is 0. The fraction of sp³-hybridized carbons (Fsp3) is 0.538. The fourth-order valence-electron chi connectivity index (χ4n) is 1.76. The molecule has 1 aromatic rings. The summed E-state index contributed by atoms with van der Waals surface area (Å²) in [5.41, 5.74) is 0.847. The van der Waals surface area contributed by atoms with Gasteiger partial charge in [-0.2, -0.15) is 0 Å². The largest absolute Gasteiger partial charge is 0.496 e. The van der Waals surface area contributed by atoms with Gasteiger partial charge in [-0.1, -0.05) is 24.6 Å². The van der Waals surface area contributed by atoms with Crippen LogP contribution in [0.5, 0.6) is 5.75 Å². The van der Waals surface area contributed by atoms with Crippen LogP contribution < -0.4 is 10.1 Å². The van der Waals surface area contributed by atoms with E-state index in [0.29, 0.717) is 30.3 Å². The van der Waals surface area contributed by atoms with Gasteiger partial charge in [0.05, 0.1) is 12.9 Å². The molecular weight excluding hydrogens is 286 g/mol. The van der Waals surface area contributed by atoms with Crippen LogP contribution in [0.1, 0.15) is 18.9 Å². The third-order valence-electron chi connectivity index (χ3n) is 2.70. The SMILES string of the molecule is CCCS(=O)(=O)CCNCc1c(Cl)cccc1OC. The van der Waals surface area contributed by atoms with Gasteiger partial charge in [-0.05, 0) is 18.6 Å². The maximum atomic E-state index is 11.5. The second-order valence-electron chi connectivity index (χ2n) is 4.25. The molecule has 6 heteroatoms. The van der Waals surface area contributed by atoms with Crippen LogP contribution in [0.25, 0.3) is 0 Å². The lowest BCUT2D eigenvalue weighted by atomic mass is 10.2. The van der Waals surface area contributed by atoms with Crippen LogP contribution in [-0.2, 0) is 16.4 Å². The number of sulfone groups is 1. The van der Waals surface area contributed by atoms with E-state index in [1.165, 1.54) is 0 Å². The first-order valence-corrected chi connectivity index (χ1v) is 8.42. The number of nitrogens with one attached hydrogen (secondary N) is 1. The molecule has 4 nitrogen and oxygen atoms in total. The molecule has 0 fully saturated rings. The van der Waals surface area contributed by atoms with E-state index in [-0.39, 0.29) is 11.5 Å². The van der Waals surface area contributed by atoms with Crippen LogP contribution in [0.2, 0.25) is 5.02 Å². The van der Waals surface area contributed by atoms with Crippen LogP contribution in [-0.4, -0.2) is 33.6 Å². The van der Waals surface area contributed by atoms with Crippen molar-refractivity contribution in [3.63, 3.8) is 0 Å². The minimum atomic E-state index is -2.94. The number of halogens is 1. The molecule has 0 heterocycles. The van der Waals surface area contributed by atoms with Crippen LogP contribution in [0.3, 0.4) is 0 Å². The van der Waals surface area contributed by atoms with Gasteiger partial charge in [-0.25, -0.2) is 8.42 Å². The summed E-state index contributed by atoms with van der Waals surface area (Å²) >= 11 is 6.09. The van der Waals surface area contributed by atoms with Crippen molar-refractivity contribution in [1.82, 2.24) is 5.32 Å². The Bertz CT molecular complexity index is 503. The number of hydrogen-bond donors (Lipinski definition) is 1. The Hall–Kier alpha value is -0.780. The molecular formula is C13H20ClNO3S. The van der Waals surface area contributed by atoms with Crippen molar-refractivity contribution in [2.75, 3.05) is 25.2 Å². The van der Waals surface area contributed by atoms with E-state index in [0.717, 1.165) is 5.56 Å². The first kappa shape index (κ1) is 16.3. The molecule has 0 saturated heterocycles. The lowest BCUT2D eigenvalue weighted by Gasteiger charge is -2.11. The van der Waals surface area contributed by atoms with Crippen LogP contribution in [0.15, 0.2) is 18.2 Å². The number of rotatable bonds is 8. The lowest BCUT2D eigenvalue weighted by Crippen LogP contribution is -2.24. The van der Waals surface area contributed by atoms with Gasteiger partial charge < -0.3 is 10.1 Å². The van der Waals surface area contributed by atoms with Gasteiger partial charge in [-0.3, -0.25) is 0 Å². The Kier molecular flexibility index (Phi) is 6.62. The minimum Gasteiger partial charge on any atom is -0.496 e. The zero-order valence-corrected chi connectivity index (χ0v) is 12.9. The third kappa shape index (κ3) is 5.38. The molecule has 19 heavy (non-hydrogen) atoms. The fourth-order valence-corrected chi connectivity index (χ4v) is 3.27. The second-order valence-corrected chi connectivity index (χ2v) is 6.96. The number of methoxy groups -OCH3 is 1. The Morgan fingerprint density at radius 1 is 1.32 bits per heavy atom. The number of hydrogen-bond acceptors (Lipinski definition) is 4. The molecule has 0 atom stereocenters. The van der Waals surface area contributed by atoms with E-state index >= 15 is 0 Å². The molecule has 0 amide bonds. The predicted octanol–water partition coefficient (Wildman–Crippen LogP) is 2.26. The van der Waals surface area contributed by atoms with Gasteiger partial charge in [0, 0.05) is 29.4 Å². The van der Waals surface area contributed by atoms with Crippen molar-refractivity contribution >= 4 is 21.4 Å². The first-order valence-electron chi connectivity index (χ1n) is 6.22. The van der Waals surface area contributed by atoms with E-state index < -0.39 is 9.84 Å². The van der Waals surface area contributed by atoms with Crippen LogP contribution in [0, 0.1) is 0 Å². The highest BCUT2D eigenvalue weighted by Gasteiger charge is 2.10. The molecule has 108 valence electrons. The van der Waals surface area contributed by atoms with Crippen molar-refractivity contribution in [2.24, 2.45) is 0 Å². The first-order chi connectivity index (χ1) is 9.00. The quantitative estimate of drug-likeness (QED) is 0.749. The Balaban J connectivity index is 2.50. The highest BCUT2D eigenvalue weighted by atomic mass is 35.5. The summed E-state index contributed by atoms with van der Waals surface area (Å²) in [6, 6.07) is 5.43. The van der Waals surface area contributed by atoms with E-state index in [1.807, 2.05) is 19.1 Å². The van der Waals surface area contributed by atoms with Gasteiger partial charge in [0.1, 0.15) is 5.75 Å². The molecule has 0 bridgehead atoms. The van der Waals surface area contributed by atoms with Gasteiger partial charge >= 0.3 is 0 Å². The molecule has 1 aromatic carbocycles. The van der Waals surface area contributed by atoms with Gasteiger partial charge in [0.2, 0.25) is 0 Å². The summed E-state index contributed by atoms with van der Waals surface area (Å²) in [7, 11) is -1.35. The lowest BCUT2D eigenvalue weighted by molar-refractivity contribution is 0.408. The molecule has 0 aliphatic heterocycles. The average Bonchev–Trinajstić information content (AvgIpc) is 2.35. The molecule has 0 saturated carbocycles. The predicted molar refractivity (Wildman–Crippen MR) is 78.7 cm³/mol. The minimum absolute atomic E-state index is 0.146. The van der Waals surface area contributed by atoms with E-state index in [1.54, 1.807) is 13.2 Å². The Labute approximate surface area is 120 Å². The van der Waals surface area contributed by atoms with Crippen molar-refractivity contribution in [3.8, 4) is 5.75 Å². The molecule has 0 aliphatic rings. The molecule has 1 rings (SSSR count). The highest BCUT2D eigenvalue weighted by molar-refractivity contribution is 7.91. The van der Waals surface area contributed by atoms with Gasteiger partial charge in [-0.15, -0.1) is 0 Å². The average molecular weight is 306 g/mol. The highest BCUT2D eigenvalue weighted by Crippen LogP contribution is 2.25. The monoisotopic (exact) mass is 305 g/mol. The van der Waals surface area contributed by atoms with Crippen molar-refractivity contribution in [2.45, 2.75) is 19.9 Å². The van der Waals surface area contributed by atoms with Gasteiger partial charge in [0.15, 0.2) is 9.84 Å². The zero-order valence-electron chi connectivity index (χ0n) is 11.3. The van der Waals surface area contributed by atoms with Crippen molar-refractivity contribution in [3.05, 3.63) is 28.8 Å². The van der Waals surface area contributed by atoms with Crippen LogP contribution >= 0.6 is 11.6 Å². The maximum Gasteiger partial charge on any atom is 0.151 e. The molecule has 0 spiro atoms. The Morgan fingerprint density at radius 3 is 2.68 bits per heavy atom. The van der Waals surface area contributed by atoms with E-state index in [2.05, 4.69) is 5.32 Å². The summed E-state index contributed by atoms with van der Waals surface area (Å²) in [6.07, 6.45) is 0.653. The molecule has 0 aromatic heterocycles. The maximum absolute atomic E-state index is 11.5. The molecule has 0 aliphatic carbocycles. The smallest absolute Gasteiger partial charge is 0.151 e. The summed E-state index contributed by atoms with van der Waals surface area (Å²) in [5, 5.41) is 3.70. The van der Waals surface area contributed by atoms with Crippen molar-refractivity contribution in [1.29, 1.82) is 0 Å². The second kappa shape index (κ2) is 7.72. The molecule has 1 N–H and O–H groups in total. The number of ether oxygens (including phenoxy) is 1. The van der Waals surface area contributed by atoms with E-state index in [4.69, 9.17) is 16.3 Å². The molecule has 0 radical (unpaired) electrons. The van der Waals surface area contributed by atoms with Crippen molar-refractivity contribution < 1.29 is 13.2 Å². The summed E-state index contributed by atoms with van der Waals surface area (Å²) in [5.74, 6) is 1.09. The zero-order chi connectivity index (χ0) is 14.3. The topological polar surface area (TPSA) is 55.4 Å². The molecule has 0 unspecified atom stereocenters. The summed E-state index contributed by atoms with van der Waals surface area (Å²) < 4.78 is 28.3. The standard InChI is InChI=1S/C13H20ClNO3S/c1-3-8-19(16,17)9-7-15-10-11-12(14)5-4-6-13(11)18-2/h4-6,15H,3,7-10H2,1-2H3. The normalized spacial score (nSPS) is 11.5. The van der Waals surface area contributed by atoms with Crippen LogP contribution in [0.4, 0.5) is 0 Å². The van der Waals surface area contributed by atoms with E-state index in [9.17, 15) is 8.42 Å².